The number of aromatic nitrogens is 3. The summed E-state index contributed by atoms with van der Waals surface area (Å²) in [6.07, 6.45) is 0. The fraction of sp³-hybridized carbons (Fsp3) is 0.0714. The standard InChI is InChI=1S/C14H10N6O6/c21-14(15-9-1-3-10(4-2-9)19(22)23)8-26-18-13-7-11(20(24)25)5-6-12(13)16-17-18/h1-7H,8H2,(H,15,21). The van der Waals surface area contributed by atoms with Crippen LogP contribution in [0, 0.1) is 20.2 Å². The van der Waals surface area contributed by atoms with Crippen molar-refractivity contribution in [2.75, 3.05) is 11.9 Å². The molecule has 12 heteroatoms. The number of nitro benzene ring substituents is 2. The highest BCUT2D eigenvalue weighted by Crippen LogP contribution is 2.18. The Kier molecular flexibility index (Phi) is 4.38. The number of carbonyl (C=O) groups excluding carboxylic acids is 1. The van der Waals surface area contributed by atoms with Crippen LogP contribution in [-0.4, -0.2) is 37.5 Å². The maximum atomic E-state index is 11.9. The summed E-state index contributed by atoms with van der Waals surface area (Å²) in [5.41, 5.74) is 0.687. The van der Waals surface area contributed by atoms with Crippen LogP contribution in [0.2, 0.25) is 0 Å². The first kappa shape index (κ1) is 16.8. The second-order valence-corrected chi connectivity index (χ2v) is 5.02. The molecule has 1 heterocycles. The Hall–Kier alpha value is -4.09. The lowest BCUT2D eigenvalue weighted by molar-refractivity contribution is -0.385. The number of nitro groups is 2. The van der Waals surface area contributed by atoms with Crippen molar-refractivity contribution in [2.45, 2.75) is 0 Å². The Morgan fingerprint density at radius 2 is 1.73 bits per heavy atom. The van der Waals surface area contributed by atoms with Gasteiger partial charge in [-0.1, -0.05) is 4.85 Å². The maximum absolute atomic E-state index is 11.9. The van der Waals surface area contributed by atoms with E-state index >= 15 is 0 Å². The van der Waals surface area contributed by atoms with Gasteiger partial charge in [0.2, 0.25) is 0 Å². The quantitative estimate of drug-likeness (QED) is 0.511. The molecule has 0 atom stereocenters. The minimum Gasteiger partial charge on any atom is -0.385 e. The number of nitrogens with zero attached hydrogens (tertiary/aromatic N) is 5. The van der Waals surface area contributed by atoms with Gasteiger partial charge in [-0.25, -0.2) is 0 Å². The molecule has 0 saturated carbocycles. The predicted octanol–water partition coefficient (Wildman–Crippen LogP) is 1.31. The number of hydrogen-bond donors (Lipinski definition) is 1. The molecule has 2 aromatic carbocycles. The van der Waals surface area contributed by atoms with Crippen LogP contribution in [-0.2, 0) is 4.79 Å². The van der Waals surface area contributed by atoms with E-state index in [1.54, 1.807) is 0 Å². The largest absolute Gasteiger partial charge is 0.385 e. The monoisotopic (exact) mass is 358 g/mol. The van der Waals surface area contributed by atoms with Gasteiger partial charge in [0.15, 0.2) is 6.61 Å². The van der Waals surface area contributed by atoms with Crippen molar-refractivity contribution in [2.24, 2.45) is 0 Å². The Bertz CT molecular complexity index is 999. The molecule has 3 aromatic rings. The van der Waals surface area contributed by atoms with E-state index in [0.717, 1.165) is 4.85 Å². The first-order valence-electron chi connectivity index (χ1n) is 7.11. The molecule has 1 N–H and O–H groups in total. The Labute approximate surface area is 144 Å². The van der Waals surface area contributed by atoms with Crippen molar-refractivity contribution in [1.29, 1.82) is 0 Å². The molecule has 12 nitrogen and oxygen atoms in total. The number of carbonyl (C=O) groups is 1. The van der Waals surface area contributed by atoms with Crippen LogP contribution in [0.3, 0.4) is 0 Å². The van der Waals surface area contributed by atoms with Crippen LogP contribution in [0.5, 0.6) is 0 Å². The molecular weight excluding hydrogens is 348 g/mol. The molecule has 1 aromatic heterocycles. The Balaban J connectivity index is 1.65. The third kappa shape index (κ3) is 3.53. The summed E-state index contributed by atoms with van der Waals surface area (Å²) in [4.78, 5) is 38.3. The number of benzene rings is 2. The van der Waals surface area contributed by atoms with Gasteiger partial charge in [-0.2, -0.15) is 0 Å². The normalized spacial score (nSPS) is 10.5. The lowest BCUT2D eigenvalue weighted by atomic mass is 10.3. The number of non-ortho nitro benzene ring substituents is 2. The van der Waals surface area contributed by atoms with Crippen molar-refractivity contribution in [1.82, 2.24) is 15.2 Å². The molecule has 0 aliphatic heterocycles. The van der Waals surface area contributed by atoms with Crippen LogP contribution >= 0.6 is 0 Å². The predicted molar refractivity (Wildman–Crippen MR) is 87.4 cm³/mol. The second-order valence-electron chi connectivity index (χ2n) is 5.02. The fourth-order valence-electron chi connectivity index (χ4n) is 2.08. The van der Waals surface area contributed by atoms with Crippen molar-refractivity contribution in [3.63, 3.8) is 0 Å². The Morgan fingerprint density at radius 3 is 2.38 bits per heavy atom. The number of amides is 1. The van der Waals surface area contributed by atoms with E-state index in [2.05, 4.69) is 15.6 Å². The summed E-state index contributed by atoms with van der Waals surface area (Å²) < 4.78 is 0. The highest BCUT2D eigenvalue weighted by molar-refractivity contribution is 5.91. The molecule has 0 unspecified atom stereocenters. The van der Waals surface area contributed by atoms with E-state index in [9.17, 15) is 25.0 Å². The van der Waals surface area contributed by atoms with Gasteiger partial charge < -0.3 is 10.2 Å². The lowest BCUT2D eigenvalue weighted by Gasteiger charge is -2.06. The maximum Gasteiger partial charge on any atom is 0.271 e. The van der Waals surface area contributed by atoms with E-state index in [0.29, 0.717) is 11.2 Å². The zero-order valence-corrected chi connectivity index (χ0v) is 12.9. The zero-order valence-electron chi connectivity index (χ0n) is 12.9. The van der Waals surface area contributed by atoms with Gasteiger partial charge in [-0.05, 0) is 23.4 Å². The highest BCUT2D eigenvalue weighted by atomic mass is 16.7. The van der Waals surface area contributed by atoms with Gasteiger partial charge in [0.05, 0.1) is 9.85 Å². The first-order chi connectivity index (χ1) is 12.4. The second kappa shape index (κ2) is 6.80. The first-order valence-corrected chi connectivity index (χ1v) is 7.11. The molecule has 0 saturated heterocycles. The van der Waals surface area contributed by atoms with Crippen LogP contribution in [0.1, 0.15) is 0 Å². The molecule has 0 fully saturated rings. The van der Waals surface area contributed by atoms with Gasteiger partial charge in [0.1, 0.15) is 11.0 Å². The van der Waals surface area contributed by atoms with Gasteiger partial charge in [-0.3, -0.25) is 25.0 Å². The summed E-state index contributed by atoms with van der Waals surface area (Å²) in [6.45, 7) is -0.446. The minimum absolute atomic E-state index is 0.102. The van der Waals surface area contributed by atoms with Crippen molar-refractivity contribution in [3.05, 3.63) is 62.7 Å². The van der Waals surface area contributed by atoms with Gasteiger partial charge in [0.25, 0.3) is 17.3 Å². The van der Waals surface area contributed by atoms with E-state index in [4.69, 9.17) is 4.84 Å². The lowest BCUT2D eigenvalue weighted by Crippen LogP contribution is -2.26. The zero-order chi connectivity index (χ0) is 18.7. The van der Waals surface area contributed by atoms with Crippen LogP contribution in [0.25, 0.3) is 11.0 Å². The third-order valence-corrected chi connectivity index (χ3v) is 3.29. The highest BCUT2D eigenvalue weighted by Gasteiger charge is 2.13. The third-order valence-electron chi connectivity index (χ3n) is 3.29. The molecule has 3 rings (SSSR count). The SMILES string of the molecule is O=C(COn1nnc2ccc([N+](=O)[O-])cc21)Nc1ccc([N+](=O)[O-])cc1. The number of anilines is 1. The van der Waals surface area contributed by atoms with Crippen LogP contribution in [0.15, 0.2) is 42.5 Å². The van der Waals surface area contributed by atoms with Crippen molar-refractivity contribution < 1.29 is 19.5 Å². The van der Waals surface area contributed by atoms with E-state index in [1.807, 2.05) is 0 Å². The minimum atomic E-state index is -0.571. The van der Waals surface area contributed by atoms with Gasteiger partial charge >= 0.3 is 0 Å². The summed E-state index contributed by atoms with van der Waals surface area (Å²) in [5, 5.41) is 31.3. The summed E-state index contributed by atoms with van der Waals surface area (Å²) >= 11 is 0. The molecule has 0 spiro atoms. The fourth-order valence-corrected chi connectivity index (χ4v) is 2.08. The summed E-state index contributed by atoms with van der Waals surface area (Å²) in [7, 11) is 0. The molecule has 132 valence electrons. The van der Waals surface area contributed by atoms with Crippen LogP contribution < -0.4 is 10.2 Å². The molecule has 1 amide bonds. The van der Waals surface area contributed by atoms with E-state index in [1.165, 1.54) is 42.5 Å². The average Bonchev–Trinajstić information content (AvgIpc) is 3.02. The number of rotatable bonds is 6. The van der Waals surface area contributed by atoms with Crippen molar-refractivity contribution >= 4 is 34.0 Å². The summed E-state index contributed by atoms with van der Waals surface area (Å²) in [5.74, 6) is -0.548. The molecule has 0 aliphatic rings. The molecule has 0 bridgehead atoms. The molecule has 0 radical (unpaired) electrons. The van der Waals surface area contributed by atoms with Gasteiger partial charge in [-0.15, -0.1) is 5.10 Å². The Morgan fingerprint density at radius 1 is 1.08 bits per heavy atom. The van der Waals surface area contributed by atoms with Crippen LogP contribution in [0.4, 0.5) is 17.1 Å². The smallest absolute Gasteiger partial charge is 0.271 e. The summed E-state index contributed by atoms with van der Waals surface area (Å²) in [6, 6.07) is 9.18. The number of fused-ring (bicyclic) bond motifs is 1. The number of hydrogen-bond acceptors (Lipinski definition) is 8. The average molecular weight is 358 g/mol. The van der Waals surface area contributed by atoms with E-state index in [-0.39, 0.29) is 16.9 Å². The van der Waals surface area contributed by atoms with Crippen molar-refractivity contribution in [3.8, 4) is 0 Å². The topological polar surface area (TPSA) is 155 Å². The number of nitrogens with one attached hydrogen (secondary N) is 1. The molecule has 0 aliphatic carbocycles. The van der Waals surface area contributed by atoms with E-state index < -0.39 is 22.4 Å². The molecule has 26 heavy (non-hydrogen) atoms. The molecular formula is C14H10N6O6. The van der Waals surface area contributed by atoms with Gasteiger partial charge in [0, 0.05) is 30.0 Å².